The molecule has 2 heteroatoms. The maximum Gasteiger partial charge on any atom is 0.119 e. The van der Waals surface area contributed by atoms with Gasteiger partial charge in [0.05, 0.1) is 6.61 Å². The Hall–Kier alpha value is -0.760. The van der Waals surface area contributed by atoms with Gasteiger partial charge in [0.2, 0.25) is 0 Å². The molecule has 0 radical (unpaired) electrons. The third-order valence-electron chi connectivity index (χ3n) is 3.05. The van der Waals surface area contributed by atoms with E-state index in [1.807, 2.05) is 0 Å². The van der Waals surface area contributed by atoms with Crippen molar-refractivity contribution in [3.05, 3.63) is 39.9 Å². The molecular formula is C14H17BrO. The lowest BCUT2D eigenvalue weighted by atomic mass is 9.82. The summed E-state index contributed by atoms with van der Waals surface area (Å²) in [5.74, 6) is 1.66. The summed E-state index contributed by atoms with van der Waals surface area (Å²) in [6, 6.07) is 4.18. The Labute approximate surface area is 106 Å². The maximum atomic E-state index is 5.81. The van der Waals surface area contributed by atoms with Crippen LogP contribution in [-0.4, -0.2) is 6.61 Å². The second kappa shape index (κ2) is 4.62. The molecule has 86 valence electrons. The fraction of sp³-hybridized carbons (Fsp3) is 0.429. The molecule has 1 saturated carbocycles. The van der Waals surface area contributed by atoms with Crippen LogP contribution in [-0.2, 0) is 0 Å². The minimum Gasteiger partial charge on any atom is -0.493 e. The minimum absolute atomic E-state index is 0.678. The van der Waals surface area contributed by atoms with E-state index in [2.05, 4.69) is 48.5 Å². The molecule has 0 unspecified atom stereocenters. The quantitative estimate of drug-likeness (QED) is 0.746. The predicted molar refractivity (Wildman–Crippen MR) is 71.0 cm³/mol. The average molecular weight is 281 g/mol. The minimum atomic E-state index is 0.678. The van der Waals surface area contributed by atoms with Crippen LogP contribution in [0, 0.1) is 19.8 Å². The van der Waals surface area contributed by atoms with Crippen molar-refractivity contribution in [2.75, 3.05) is 6.61 Å². The first kappa shape index (κ1) is 11.7. The van der Waals surface area contributed by atoms with Crippen LogP contribution in [0.15, 0.2) is 28.8 Å². The van der Waals surface area contributed by atoms with Gasteiger partial charge < -0.3 is 4.74 Å². The molecular weight excluding hydrogens is 264 g/mol. The van der Waals surface area contributed by atoms with Crippen molar-refractivity contribution >= 4 is 15.9 Å². The molecule has 1 aliphatic rings. The van der Waals surface area contributed by atoms with Crippen molar-refractivity contribution in [2.24, 2.45) is 5.92 Å². The summed E-state index contributed by atoms with van der Waals surface area (Å²) in [6.45, 7) is 8.95. The highest BCUT2D eigenvalue weighted by Gasteiger charge is 2.21. The monoisotopic (exact) mass is 280 g/mol. The van der Waals surface area contributed by atoms with Crippen LogP contribution in [0.1, 0.15) is 24.0 Å². The van der Waals surface area contributed by atoms with Crippen molar-refractivity contribution in [1.29, 1.82) is 0 Å². The highest BCUT2D eigenvalue weighted by Crippen LogP contribution is 2.32. The normalized spacial score (nSPS) is 16.1. The van der Waals surface area contributed by atoms with E-state index in [-0.39, 0.29) is 0 Å². The SMILES string of the molecule is C=C1CC(COc2cc(C)c(Br)c(C)c2)C1. The van der Waals surface area contributed by atoms with Gasteiger partial charge in [-0.2, -0.15) is 0 Å². The number of hydrogen-bond acceptors (Lipinski definition) is 1. The first-order valence-corrected chi connectivity index (χ1v) is 6.41. The summed E-state index contributed by atoms with van der Waals surface area (Å²) in [5.41, 5.74) is 3.82. The van der Waals surface area contributed by atoms with E-state index in [9.17, 15) is 0 Å². The van der Waals surface area contributed by atoms with Gasteiger partial charge in [-0.1, -0.05) is 28.1 Å². The van der Waals surface area contributed by atoms with E-state index >= 15 is 0 Å². The predicted octanol–water partition coefficient (Wildman–Crippen LogP) is 4.41. The van der Waals surface area contributed by atoms with Crippen molar-refractivity contribution in [1.82, 2.24) is 0 Å². The Morgan fingerprint density at radius 1 is 1.31 bits per heavy atom. The van der Waals surface area contributed by atoms with Gasteiger partial charge in [0.25, 0.3) is 0 Å². The molecule has 0 N–H and O–H groups in total. The Kier molecular flexibility index (Phi) is 3.38. The largest absolute Gasteiger partial charge is 0.493 e. The number of rotatable bonds is 3. The lowest BCUT2D eigenvalue weighted by molar-refractivity contribution is 0.218. The number of ether oxygens (including phenoxy) is 1. The molecule has 1 aromatic carbocycles. The van der Waals surface area contributed by atoms with Crippen LogP contribution < -0.4 is 4.74 Å². The molecule has 0 aromatic heterocycles. The average Bonchev–Trinajstić information content (AvgIpc) is 2.19. The van der Waals surface area contributed by atoms with Crippen LogP contribution in [0.25, 0.3) is 0 Å². The highest BCUT2D eigenvalue weighted by molar-refractivity contribution is 9.10. The van der Waals surface area contributed by atoms with Crippen molar-refractivity contribution in [2.45, 2.75) is 26.7 Å². The summed E-state index contributed by atoms with van der Waals surface area (Å²) < 4.78 is 6.99. The Morgan fingerprint density at radius 2 is 1.88 bits per heavy atom. The van der Waals surface area contributed by atoms with Gasteiger partial charge in [-0.25, -0.2) is 0 Å². The number of hydrogen-bond donors (Lipinski definition) is 0. The molecule has 0 spiro atoms. The van der Waals surface area contributed by atoms with Gasteiger partial charge in [-0.3, -0.25) is 0 Å². The van der Waals surface area contributed by atoms with Gasteiger partial charge in [0.1, 0.15) is 5.75 Å². The number of aryl methyl sites for hydroxylation is 2. The Balaban J connectivity index is 1.97. The molecule has 1 nitrogen and oxygen atoms in total. The van der Waals surface area contributed by atoms with Gasteiger partial charge in [-0.15, -0.1) is 0 Å². The van der Waals surface area contributed by atoms with Crippen LogP contribution in [0.5, 0.6) is 5.75 Å². The number of allylic oxidation sites excluding steroid dienone is 1. The van der Waals surface area contributed by atoms with E-state index < -0.39 is 0 Å². The molecule has 0 bridgehead atoms. The van der Waals surface area contributed by atoms with E-state index in [1.165, 1.54) is 21.2 Å². The Morgan fingerprint density at radius 3 is 2.38 bits per heavy atom. The highest BCUT2D eigenvalue weighted by atomic mass is 79.9. The molecule has 0 aliphatic heterocycles. The smallest absolute Gasteiger partial charge is 0.119 e. The summed E-state index contributed by atoms with van der Waals surface area (Å²) in [6.07, 6.45) is 2.27. The van der Waals surface area contributed by atoms with E-state index in [1.54, 1.807) is 0 Å². The zero-order valence-electron chi connectivity index (χ0n) is 9.85. The molecule has 2 rings (SSSR count). The van der Waals surface area contributed by atoms with Crippen LogP contribution in [0.3, 0.4) is 0 Å². The van der Waals surface area contributed by atoms with Crippen molar-refractivity contribution < 1.29 is 4.74 Å². The second-order valence-corrected chi connectivity index (χ2v) is 5.50. The molecule has 0 saturated heterocycles. The van der Waals surface area contributed by atoms with Gasteiger partial charge in [0.15, 0.2) is 0 Å². The second-order valence-electron chi connectivity index (χ2n) is 4.71. The third-order valence-corrected chi connectivity index (χ3v) is 4.30. The molecule has 16 heavy (non-hydrogen) atoms. The van der Waals surface area contributed by atoms with E-state index in [0.717, 1.165) is 25.2 Å². The molecule has 1 fully saturated rings. The zero-order chi connectivity index (χ0) is 11.7. The first-order valence-electron chi connectivity index (χ1n) is 5.62. The zero-order valence-corrected chi connectivity index (χ0v) is 11.4. The van der Waals surface area contributed by atoms with E-state index in [4.69, 9.17) is 4.74 Å². The third kappa shape index (κ3) is 2.49. The lowest BCUT2D eigenvalue weighted by Gasteiger charge is -2.28. The van der Waals surface area contributed by atoms with E-state index in [0.29, 0.717) is 5.92 Å². The lowest BCUT2D eigenvalue weighted by Crippen LogP contribution is -2.21. The molecule has 0 atom stereocenters. The topological polar surface area (TPSA) is 9.23 Å². The summed E-state index contributed by atoms with van der Waals surface area (Å²) >= 11 is 3.56. The van der Waals surface area contributed by atoms with Gasteiger partial charge in [-0.05, 0) is 49.9 Å². The number of halogens is 1. The van der Waals surface area contributed by atoms with Crippen LogP contribution in [0.2, 0.25) is 0 Å². The molecule has 0 heterocycles. The van der Waals surface area contributed by atoms with Gasteiger partial charge in [0, 0.05) is 10.4 Å². The van der Waals surface area contributed by atoms with Gasteiger partial charge >= 0.3 is 0 Å². The fourth-order valence-electron chi connectivity index (χ4n) is 2.08. The standard InChI is InChI=1S/C14H17BrO/c1-9-4-12(5-9)8-16-13-6-10(2)14(15)11(3)7-13/h6-7,12H,1,4-5,8H2,2-3H3. The summed E-state index contributed by atoms with van der Waals surface area (Å²) in [4.78, 5) is 0. The maximum absolute atomic E-state index is 5.81. The fourth-order valence-corrected chi connectivity index (χ4v) is 2.31. The summed E-state index contributed by atoms with van der Waals surface area (Å²) in [7, 11) is 0. The Bertz CT molecular complexity index is 392. The van der Waals surface area contributed by atoms with Crippen LogP contribution >= 0.6 is 15.9 Å². The summed E-state index contributed by atoms with van der Waals surface area (Å²) in [5, 5.41) is 0. The molecule has 1 aliphatic carbocycles. The molecule has 0 amide bonds. The first-order chi connectivity index (χ1) is 7.56. The van der Waals surface area contributed by atoms with Crippen molar-refractivity contribution in [3.63, 3.8) is 0 Å². The number of benzene rings is 1. The van der Waals surface area contributed by atoms with Crippen molar-refractivity contribution in [3.8, 4) is 5.75 Å². The molecule has 1 aromatic rings. The van der Waals surface area contributed by atoms with Crippen LogP contribution in [0.4, 0.5) is 0 Å².